The lowest BCUT2D eigenvalue weighted by atomic mass is 9.74. The number of carboxylic acids is 1. The monoisotopic (exact) mass is 288 g/mol. The Morgan fingerprint density at radius 3 is 2.57 bits per heavy atom. The molecule has 3 rings (SSSR count). The highest BCUT2D eigenvalue weighted by Crippen LogP contribution is 2.35. The summed E-state index contributed by atoms with van der Waals surface area (Å²) in [5.74, 6) is -0.848. The van der Waals surface area contributed by atoms with Crippen molar-refractivity contribution >= 4 is 12.0 Å². The van der Waals surface area contributed by atoms with E-state index in [9.17, 15) is 9.59 Å². The van der Waals surface area contributed by atoms with Gasteiger partial charge in [-0.3, -0.25) is 4.79 Å². The molecule has 5 nitrogen and oxygen atoms in total. The summed E-state index contributed by atoms with van der Waals surface area (Å²) in [6.45, 7) is 1.29. The van der Waals surface area contributed by atoms with Gasteiger partial charge < -0.3 is 15.3 Å². The Bertz CT molecular complexity index is 566. The molecular formula is C16H20N2O3. The summed E-state index contributed by atoms with van der Waals surface area (Å²) in [6, 6.07) is 8.02. The van der Waals surface area contributed by atoms with Gasteiger partial charge in [0.15, 0.2) is 0 Å². The van der Waals surface area contributed by atoms with E-state index in [2.05, 4.69) is 11.4 Å². The molecule has 1 aliphatic carbocycles. The summed E-state index contributed by atoms with van der Waals surface area (Å²) < 4.78 is 0. The summed E-state index contributed by atoms with van der Waals surface area (Å²) in [6.07, 6.45) is 3.38. The van der Waals surface area contributed by atoms with E-state index < -0.39 is 11.5 Å². The largest absolute Gasteiger partial charge is 0.481 e. The number of nitrogens with one attached hydrogen (secondary N) is 1. The summed E-state index contributed by atoms with van der Waals surface area (Å²) in [4.78, 5) is 25.2. The van der Waals surface area contributed by atoms with Crippen molar-refractivity contribution in [3.63, 3.8) is 0 Å². The van der Waals surface area contributed by atoms with E-state index in [1.807, 2.05) is 18.2 Å². The maximum atomic E-state index is 12.4. The molecule has 0 aromatic heterocycles. The van der Waals surface area contributed by atoms with Crippen molar-refractivity contribution < 1.29 is 14.7 Å². The molecular weight excluding hydrogens is 268 g/mol. The van der Waals surface area contributed by atoms with Gasteiger partial charge in [0.2, 0.25) is 0 Å². The predicted octanol–water partition coefficient (Wildman–Crippen LogP) is 2.15. The van der Waals surface area contributed by atoms with Crippen molar-refractivity contribution in [1.29, 1.82) is 0 Å². The number of carbonyl (C=O) groups excluding carboxylic acids is 1. The van der Waals surface area contributed by atoms with Crippen molar-refractivity contribution in [3.05, 3.63) is 35.4 Å². The van der Waals surface area contributed by atoms with Crippen molar-refractivity contribution in [2.45, 2.75) is 44.2 Å². The molecule has 2 amide bonds. The van der Waals surface area contributed by atoms with Gasteiger partial charge in [-0.2, -0.15) is 0 Å². The minimum Gasteiger partial charge on any atom is -0.481 e. The molecule has 0 saturated heterocycles. The Morgan fingerprint density at radius 2 is 1.95 bits per heavy atom. The Balaban J connectivity index is 1.65. The molecule has 0 bridgehead atoms. The number of carboxylic acid groups (broad SMARTS) is 1. The average Bonchev–Trinajstić information content (AvgIpc) is 2.43. The Hall–Kier alpha value is -2.04. The normalized spacial score (nSPS) is 19.3. The van der Waals surface area contributed by atoms with Crippen molar-refractivity contribution in [2.75, 3.05) is 6.54 Å². The van der Waals surface area contributed by atoms with Crippen LogP contribution in [-0.4, -0.2) is 34.1 Å². The van der Waals surface area contributed by atoms with E-state index in [-0.39, 0.29) is 12.5 Å². The van der Waals surface area contributed by atoms with Gasteiger partial charge in [0, 0.05) is 13.1 Å². The number of benzene rings is 1. The molecule has 0 atom stereocenters. The van der Waals surface area contributed by atoms with Gasteiger partial charge >= 0.3 is 12.0 Å². The number of aliphatic carboxylic acids is 1. The van der Waals surface area contributed by atoms with E-state index in [0.29, 0.717) is 13.1 Å². The van der Waals surface area contributed by atoms with E-state index >= 15 is 0 Å². The molecule has 1 aromatic carbocycles. The van der Waals surface area contributed by atoms with Gasteiger partial charge in [-0.1, -0.05) is 24.3 Å². The third-order valence-electron chi connectivity index (χ3n) is 4.59. The molecule has 5 heteroatoms. The first kappa shape index (κ1) is 13.9. The fourth-order valence-corrected chi connectivity index (χ4v) is 3.21. The molecule has 1 aliphatic heterocycles. The molecule has 2 aliphatic rings. The first-order valence-corrected chi connectivity index (χ1v) is 7.44. The molecule has 1 saturated carbocycles. The van der Waals surface area contributed by atoms with Crippen LogP contribution in [0.15, 0.2) is 24.3 Å². The fourth-order valence-electron chi connectivity index (χ4n) is 3.21. The third-order valence-corrected chi connectivity index (χ3v) is 4.59. The lowest BCUT2D eigenvalue weighted by molar-refractivity contribution is -0.139. The standard InChI is InChI=1S/C16H20N2O3/c19-14(20)10-16(7-3-8-16)17-15(21)18-9-6-12-4-1-2-5-13(12)11-18/h1-2,4-5H,3,6-11H2,(H,17,21)(H,19,20). The second-order valence-electron chi connectivity index (χ2n) is 6.07. The second-order valence-corrected chi connectivity index (χ2v) is 6.07. The van der Waals surface area contributed by atoms with Crippen LogP contribution in [0.25, 0.3) is 0 Å². The molecule has 112 valence electrons. The molecule has 21 heavy (non-hydrogen) atoms. The smallest absolute Gasteiger partial charge is 0.318 e. The van der Waals surface area contributed by atoms with Crippen LogP contribution in [0.2, 0.25) is 0 Å². The number of fused-ring (bicyclic) bond motifs is 1. The van der Waals surface area contributed by atoms with Crippen LogP contribution in [0.3, 0.4) is 0 Å². The SMILES string of the molecule is O=C(O)CC1(NC(=O)N2CCc3ccccc3C2)CCC1. The minimum absolute atomic E-state index is 0.0170. The summed E-state index contributed by atoms with van der Waals surface area (Å²) >= 11 is 0. The van der Waals surface area contributed by atoms with Gasteiger partial charge in [0.25, 0.3) is 0 Å². The van der Waals surface area contributed by atoms with Crippen LogP contribution in [0, 0.1) is 0 Å². The minimum atomic E-state index is -0.848. The van der Waals surface area contributed by atoms with E-state index in [1.165, 1.54) is 11.1 Å². The molecule has 2 N–H and O–H groups in total. The van der Waals surface area contributed by atoms with Crippen LogP contribution in [0.5, 0.6) is 0 Å². The average molecular weight is 288 g/mol. The number of carbonyl (C=O) groups is 2. The molecule has 1 aromatic rings. The Kier molecular flexibility index (Phi) is 3.57. The fraction of sp³-hybridized carbons (Fsp3) is 0.500. The highest BCUT2D eigenvalue weighted by atomic mass is 16.4. The van der Waals surface area contributed by atoms with Gasteiger partial charge in [-0.25, -0.2) is 4.79 Å². The maximum absolute atomic E-state index is 12.4. The van der Waals surface area contributed by atoms with Crippen molar-refractivity contribution in [2.24, 2.45) is 0 Å². The van der Waals surface area contributed by atoms with E-state index in [0.717, 1.165) is 25.7 Å². The quantitative estimate of drug-likeness (QED) is 0.895. The zero-order valence-corrected chi connectivity index (χ0v) is 12.0. The van der Waals surface area contributed by atoms with Crippen LogP contribution >= 0.6 is 0 Å². The molecule has 0 spiro atoms. The third kappa shape index (κ3) is 2.86. The highest BCUT2D eigenvalue weighted by Gasteiger charge is 2.41. The summed E-state index contributed by atoms with van der Waals surface area (Å²) in [5.41, 5.74) is 1.95. The second kappa shape index (κ2) is 5.39. The van der Waals surface area contributed by atoms with Gasteiger partial charge in [-0.15, -0.1) is 0 Å². The number of urea groups is 1. The van der Waals surface area contributed by atoms with Gasteiger partial charge in [0.1, 0.15) is 0 Å². The lowest BCUT2D eigenvalue weighted by Crippen LogP contribution is -2.58. The molecule has 0 radical (unpaired) electrons. The predicted molar refractivity (Wildman–Crippen MR) is 77.9 cm³/mol. The zero-order valence-electron chi connectivity index (χ0n) is 12.0. The zero-order chi connectivity index (χ0) is 14.9. The Labute approximate surface area is 123 Å². The van der Waals surface area contributed by atoms with Crippen molar-refractivity contribution in [3.8, 4) is 0 Å². The number of hydrogen-bond acceptors (Lipinski definition) is 2. The van der Waals surface area contributed by atoms with Crippen LogP contribution in [0.1, 0.15) is 36.8 Å². The first-order chi connectivity index (χ1) is 10.1. The molecule has 1 fully saturated rings. The number of nitrogens with zero attached hydrogens (tertiary/aromatic N) is 1. The van der Waals surface area contributed by atoms with Crippen molar-refractivity contribution in [1.82, 2.24) is 10.2 Å². The first-order valence-electron chi connectivity index (χ1n) is 7.44. The van der Waals surface area contributed by atoms with Crippen LogP contribution in [-0.2, 0) is 17.8 Å². The van der Waals surface area contributed by atoms with Gasteiger partial charge in [-0.05, 0) is 36.8 Å². The number of amides is 2. The number of rotatable bonds is 3. The maximum Gasteiger partial charge on any atom is 0.318 e. The van der Waals surface area contributed by atoms with E-state index in [4.69, 9.17) is 5.11 Å². The van der Waals surface area contributed by atoms with E-state index in [1.54, 1.807) is 4.90 Å². The molecule has 0 unspecified atom stereocenters. The lowest BCUT2D eigenvalue weighted by Gasteiger charge is -2.43. The van der Waals surface area contributed by atoms with Crippen LogP contribution < -0.4 is 5.32 Å². The number of hydrogen-bond donors (Lipinski definition) is 2. The highest BCUT2D eigenvalue weighted by molar-refractivity contribution is 5.77. The van der Waals surface area contributed by atoms with Crippen LogP contribution in [0.4, 0.5) is 4.79 Å². The summed E-state index contributed by atoms with van der Waals surface area (Å²) in [7, 11) is 0. The van der Waals surface area contributed by atoms with Gasteiger partial charge in [0.05, 0.1) is 12.0 Å². The molecule has 1 heterocycles. The Morgan fingerprint density at radius 1 is 1.24 bits per heavy atom. The summed E-state index contributed by atoms with van der Waals surface area (Å²) in [5, 5.41) is 12.0. The topological polar surface area (TPSA) is 69.6 Å².